The lowest BCUT2D eigenvalue weighted by Gasteiger charge is -2.34. The Morgan fingerprint density at radius 1 is 0.967 bits per heavy atom. The average molecular weight is 429 g/mol. The lowest BCUT2D eigenvalue weighted by Crippen LogP contribution is -2.45. The highest BCUT2D eigenvalue weighted by atomic mass is 19.4. The number of hydrogen-bond donors (Lipinski definition) is 1. The van der Waals surface area contributed by atoms with Gasteiger partial charge >= 0.3 is 6.18 Å². The van der Waals surface area contributed by atoms with Gasteiger partial charge in [0, 0.05) is 13.1 Å². The minimum Gasteiger partial charge on any atom is -0.389 e. The number of piperidine rings is 1. The average Bonchev–Trinajstić information content (AvgIpc) is 2.70. The van der Waals surface area contributed by atoms with Crippen molar-refractivity contribution in [1.29, 1.82) is 0 Å². The van der Waals surface area contributed by atoms with E-state index in [4.69, 9.17) is 4.74 Å². The van der Waals surface area contributed by atoms with Crippen molar-refractivity contribution in [1.82, 2.24) is 4.90 Å². The number of alkyl halides is 3. The maximum Gasteiger partial charge on any atom is 0.393 e. The molecule has 164 valence electrons. The predicted molar refractivity (Wildman–Crippen MR) is 102 cm³/mol. The van der Waals surface area contributed by atoms with Gasteiger partial charge in [-0.05, 0) is 54.8 Å². The van der Waals surface area contributed by atoms with Gasteiger partial charge in [-0.1, -0.05) is 24.3 Å². The Morgan fingerprint density at radius 2 is 1.50 bits per heavy atom. The monoisotopic (exact) mass is 429 g/mol. The van der Waals surface area contributed by atoms with Crippen molar-refractivity contribution in [2.24, 2.45) is 5.92 Å². The Morgan fingerprint density at radius 3 is 2.00 bits per heavy atom. The number of ether oxygens (including phenoxy) is 1. The molecule has 0 saturated carbocycles. The minimum absolute atomic E-state index is 0.0616. The van der Waals surface area contributed by atoms with Crippen molar-refractivity contribution in [3.63, 3.8) is 0 Å². The SMILES string of the molecule is O[C@H](COC(c1ccc(F)cc1)c1ccc(F)cc1)CN1CCC[C@H](C(F)(F)F)C1. The van der Waals surface area contributed by atoms with E-state index in [-0.39, 0.29) is 26.1 Å². The number of benzene rings is 2. The molecule has 1 saturated heterocycles. The molecule has 0 aromatic heterocycles. The summed E-state index contributed by atoms with van der Waals surface area (Å²) < 4.78 is 71.3. The molecule has 8 heteroatoms. The highest BCUT2D eigenvalue weighted by molar-refractivity contribution is 5.30. The van der Waals surface area contributed by atoms with E-state index < -0.39 is 35.9 Å². The molecule has 0 bridgehead atoms. The van der Waals surface area contributed by atoms with Crippen molar-refractivity contribution >= 4 is 0 Å². The van der Waals surface area contributed by atoms with Crippen molar-refractivity contribution < 1.29 is 31.8 Å². The topological polar surface area (TPSA) is 32.7 Å². The fourth-order valence-corrected chi connectivity index (χ4v) is 3.71. The molecule has 2 aromatic rings. The van der Waals surface area contributed by atoms with Crippen LogP contribution in [0.3, 0.4) is 0 Å². The van der Waals surface area contributed by atoms with Crippen molar-refractivity contribution in [3.05, 3.63) is 71.3 Å². The van der Waals surface area contributed by atoms with E-state index in [0.717, 1.165) is 0 Å². The zero-order valence-electron chi connectivity index (χ0n) is 16.3. The molecule has 0 unspecified atom stereocenters. The fraction of sp³-hybridized carbons (Fsp3) is 0.455. The summed E-state index contributed by atoms with van der Waals surface area (Å²) in [6.45, 7) is 0.279. The third-order valence-corrected chi connectivity index (χ3v) is 5.24. The first-order valence-electron chi connectivity index (χ1n) is 9.82. The Hall–Kier alpha value is -2.03. The van der Waals surface area contributed by atoms with Gasteiger partial charge in [0.25, 0.3) is 0 Å². The van der Waals surface area contributed by atoms with Gasteiger partial charge in [-0.25, -0.2) is 8.78 Å². The van der Waals surface area contributed by atoms with Gasteiger partial charge in [0.05, 0.1) is 18.6 Å². The van der Waals surface area contributed by atoms with Crippen molar-refractivity contribution in [2.75, 3.05) is 26.2 Å². The van der Waals surface area contributed by atoms with E-state index in [0.29, 0.717) is 24.1 Å². The van der Waals surface area contributed by atoms with Crippen LogP contribution in [0.1, 0.15) is 30.1 Å². The van der Waals surface area contributed by atoms with Crippen molar-refractivity contribution in [3.8, 4) is 0 Å². The van der Waals surface area contributed by atoms with Gasteiger partial charge in [0.15, 0.2) is 0 Å². The highest BCUT2D eigenvalue weighted by Crippen LogP contribution is 2.33. The van der Waals surface area contributed by atoms with Crippen LogP contribution < -0.4 is 0 Å². The predicted octanol–water partition coefficient (Wildman–Crippen LogP) is 4.71. The molecule has 0 aliphatic carbocycles. The number of rotatable bonds is 7. The van der Waals surface area contributed by atoms with Crippen LogP contribution in [0, 0.1) is 17.6 Å². The second-order valence-electron chi connectivity index (χ2n) is 7.61. The zero-order chi connectivity index (χ0) is 21.7. The second kappa shape index (κ2) is 9.85. The number of aliphatic hydroxyl groups excluding tert-OH is 1. The molecule has 0 radical (unpaired) electrons. The Balaban J connectivity index is 1.63. The van der Waals surface area contributed by atoms with E-state index in [1.807, 2.05) is 0 Å². The van der Waals surface area contributed by atoms with Crippen LogP contribution >= 0.6 is 0 Å². The highest BCUT2D eigenvalue weighted by Gasteiger charge is 2.41. The van der Waals surface area contributed by atoms with Crippen LogP contribution in [0.25, 0.3) is 0 Å². The molecule has 1 heterocycles. The zero-order valence-corrected chi connectivity index (χ0v) is 16.3. The number of nitrogens with zero attached hydrogens (tertiary/aromatic N) is 1. The summed E-state index contributed by atoms with van der Waals surface area (Å²) in [5, 5.41) is 10.4. The van der Waals surface area contributed by atoms with Gasteiger partial charge in [-0.3, -0.25) is 0 Å². The standard InChI is InChI=1S/C22H24F5NO2/c23-18-7-3-15(4-8-18)21(16-5-9-19(24)10-6-16)30-14-20(29)13-28-11-1-2-17(12-28)22(25,26)27/h3-10,17,20-21,29H,1-2,11-14H2/t17-,20-/m0/s1. The Bertz CT molecular complexity index is 749. The first-order valence-corrected chi connectivity index (χ1v) is 9.82. The van der Waals surface area contributed by atoms with Gasteiger partial charge in [0.2, 0.25) is 0 Å². The third-order valence-electron chi connectivity index (χ3n) is 5.24. The van der Waals surface area contributed by atoms with Gasteiger partial charge in [-0.2, -0.15) is 13.2 Å². The molecule has 3 nitrogen and oxygen atoms in total. The molecular formula is C22H24F5NO2. The van der Waals surface area contributed by atoms with Gasteiger partial charge in [-0.15, -0.1) is 0 Å². The second-order valence-corrected chi connectivity index (χ2v) is 7.61. The number of β-amino-alcohol motifs (C(OH)–C–C–N with tert-alkyl or cyclic N) is 1. The maximum absolute atomic E-state index is 13.3. The van der Waals surface area contributed by atoms with Crippen LogP contribution in [0.2, 0.25) is 0 Å². The molecule has 1 aliphatic rings. The van der Waals surface area contributed by atoms with Gasteiger partial charge in [0.1, 0.15) is 17.7 Å². The largest absolute Gasteiger partial charge is 0.393 e. The molecule has 30 heavy (non-hydrogen) atoms. The smallest absolute Gasteiger partial charge is 0.389 e. The summed E-state index contributed by atoms with van der Waals surface area (Å²) in [4.78, 5) is 1.60. The molecule has 2 atom stereocenters. The Kier molecular flexibility index (Phi) is 7.44. The van der Waals surface area contributed by atoms with Crippen LogP contribution in [0.4, 0.5) is 22.0 Å². The van der Waals surface area contributed by atoms with E-state index in [1.165, 1.54) is 48.5 Å². The van der Waals surface area contributed by atoms with E-state index in [9.17, 15) is 27.1 Å². The minimum atomic E-state index is -4.24. The summed E-state index contributed by atoms with van der Waals surface area (Å²) in [5.74, 6) is -2.22. The summed E-state index contributed by atoms with van der Waals surface area (Å²) >= 11 is 0. The number of aliphatic hydroxyl groups is 1. The lowest BCUT2D eigenvalue weighted by atomic mass is 9.97. The third kappa shape index (κ3) is 6.23. The summed E-state index contributed by atoms with van der Waals surface area (Å²) in [5.41, 5.74) is 1.23. The van der Waals surface area contributed by atoms with Crippen LogP contribution in [0.15, 0.2) is 48.5 Å². The van der Waals surface area contributed by atoms with E-state index >= 15 is 0 Å². The summed E-state index contributed by atoms with van der Waals surface area (Å²) in [6, 6.07) is 11.2. The van der Waals surface area contributed by atoms with Crippen LogP contribution in [-0.4, -0.2) is 48.5 Å². The van der Waals surface area contributed by atoms with Crippen molar-refractivity contribution in [2.45, 2.75) is 31.2 Å². The summed E-state index contributed by atoms with van der Waals surface area (Å²) in [6.07, 6.45) is -5.39. The Labute approximate surface area is 172 Å². The molecule has 1 N–H and O–H groups in total. The molecule has 2 aromatic carbocycles. The van der Waals surface area contributed by atoms with E-state index in [1.54, 1.807) is 4.90 Å². The molecule has 1 aliphatic heterocycles. The fourth-order valence-electron chi connectivity index (χ4n) is 3.71. The number of likely N-dealkylation sites (tertiary alicyclic amines) is 1. The molecule has 3 rings (SSSR count). The first-order chi connectivity index (χ1) is 14.2. The quantitative estimate of drug-likeness (QED) is 0.648. The molecule has 0 spiro atoms. The lowest BCUT2D eigenvalue weighted by molar-refractivity contribution is -0.188. The number of halogens is 5. The molecular weight excluding hydrogens is 405 g/mol. The van der Waals surface area contributed by atoms with Crippen LogP contribution in [0.5, 0.6) is 0 Å². The first kappa shape index (κ1) is 22.7. The van der Waals surface area contributed by atoms with E-state index in [2.05, 4.69) is 0 Å². The summed E-state index contributed by atoms with van der Waals surface area (Å²) in [7, 11) is 0. The van der Waals surface area contributed by atoms with Crippen LogP contribution in [-0.2, 0) is 4.74 Å². The molecule has 0 amide bonds. The maximum atomic E-state index is 13.3. The van der Waals surface area contributed by atoms with Gasteiger partial charge < -0.3 is 14.7 Å². The normalized spacial score (nSPS) is 19.2. The molecule has 1 fully saturated rings. The number of hydrogen-bond acceptors (Lipinski definition) is 3.